The number of carbonyl (C=O) groups excluding carboxylic acids is 1. The number of carbonyl (C=O) groups is 1. The highest BCUT2D eigenvalue weighted by Gasteiger charge is 2.52. The summed E-state index contributed by atoms with van der Waals surface area (Å²) in [6, 6.07) is 4.52. The highest BCUT2D eigenvalue weighted by molar-refractivity contribution is 5.73. The summed E-state index contributed by atoms with van der Waals surface area (Å²) in [4.78, 5) is 21.8. The molecule has 2 N–H and O–H groups in total. The van der Waals surface area contributed by atoms with Crippen LogP contribution in [0.3, 0.4) is 0 Å². The number of fused-ring (bicyclic) bond motifs is 1. The molecule has 2 heterocycles. The minimum Gasteiger partial charge on any atom is -0.463 e. The average Bonchev–Trinajstić information content (AvgIpc) is 2.59. The van der Waals surface area contributed by atoms with Crippen LogP contribution in [0.2, 0.25) is 0 Å². The Balaban J connectivity index is 1.79. The van der Waals surface area contributed by atoms with Gasteiger partial charge in [-0.05, 0) is 26.0 Å². The quantitative estimate of drug-likeness (QED) is 0.575. The molecule has 0 saturated carbocycles. The van der Waals surface area contributed by atoms with Crippen LogP contribution in [0.1, 0.15) is 20.8 Å². The molecule has 27 heavy (non-hydrogen) atoms. The summed E-state index contributed by atoms with van der Waals surface area (Å²) >= 11 is 0. The van der Waals surface area contributed by atoms with E-state index < -0.39 is 41.4 Å². The zero-order chi connectivity index (χ0) is 19.8. The number of hydrogen-bond acceptors (Lipinski definition) is 8. The number of nitrogens with zero attached hydrogens (tertiary/aromatic N) is 1. The normalized spacial score (nSPS) is 32.2. The van der Waals surface area contributed by atoms with Crippen molar-refractivity contribution < 1.29 is 33.8 Å². The van der Waals surface area contributed by atoms with Crippen molar-refractivity contribution in [2.45, 2.75) is 57.2 Å². The molecule has 2 fully saturated rings. The number of nitro benzene ring substituents is 1. The second-order valence-electron chi connectivity index (χ2n) is 6.92. The van der Waals surface area contributed by atoms with Crippen molar-refractivity contribution in [3.05, 3.63) is 34.4 Å². The molecule has 0 unspecified atom stereocenters. The van der Waals surface area contributed by atoms with Gasteiger partial charge >= 0.3 is 0 Å². The lowest BCUT2D eigenvalue weighted by molar-refractivity contribution is -0.384. The van der Waals surface area contributed by atoms with E-state index in [1.54, 1.807) is 13.8 Å². The number of non-ortho nitro benzene ring substituents is 1. The standard InChI is InChI=1S/C17H22N2O8/c1-9(20)18-13-14(21)15-12(8-24-17(2,3)27-15)26-16(13)25-11-6-4-10(5-7-11)19(22)23/h4-7,12-16,21H,8H2,1-3H3,(H,18,20)/t12-,13+,14+,15+,16-/m1/s1. The molecule has 0 radical (unpaired) electrons. The molecule has 10 heteroatoms. The molecule has 2 aliphatic heterocycles. The maximum atomic E-state index is 11.6. The van der Waals surface area contributed by atoms with E-state index in [4.69, 9.17) is 18.9 Å². The number of benzene rings is 1. The Hall–Kier alpha value is -2.27. The molecule has 0 bridgehead atoms. The molecule has 1 amide bonds. The maximum absolute atomic E-state index is 11.6. The maximum Gasteiger partial charge on any atom is 0.269 e. The van der Waals surface area contributed by atoms with Gasteiger partial charge in [-0.2, -0.15) is 0 Å². The van der Waals surface area contributed by atoms with E-state index in [1.807, 2.05) is 0 Å². The van der Waals surface area contributed by atoms with Crippen molar-refractivity contribution >= 4 is 11.6 Å². The van der Waals surface area contributed by atoms with Crippen LogP contribution >= 0.6 is 0 Å². The van der Waals surface area contributed by atoms with Crippen LogP contribution in [0.5, 0.6) is 5.75 Å². The van der Waals surface area contributed by atoms with E-state index in [-0.39, 0.29) is 18.2 Å². The highest BCUT2D eigenvalue weighted by Crippen LogP contribution is 2.33. The van der Waals surface area contributed by atoms with Gasteiger partial charge in [0.15, 0.2) is 5.79 Å². The van der Waals surface area contributed by atoms with Gasteiger partial charge in [-0.1, -0.05) is 0 Å². The number of aliphatic hydroxyl groups excluding tert-OH is 1. The third kappa shape index (κ3) is 4.35. The lowest BCUT2D eigenvalue weighted by Crippen LogP contribution is -2.69. The van der Waals surface area contributed by atoms with Gasteiger partial charge in [-0.25, -0.2) is 0 Å². The minimum atomic E-state index is -1.10. The molecule has 1 aromatic carbocycles. The van der Waals surface area contributed by atoms with Crippen LogP contribution < -0.4 is 10.1 Å². The summed E-state index contributed by atoms with van der Waals surface area (Å²) in [6.07, 6.45) is -3.43. The molecule has 2 saturated heterocycles. The second kappa shape index (κ2) is 7.39. The third-order valence-corrected chi connectivity index (χ3v) is 4.36. The molecule has 2 aliphatic rings. The Morgan fingerprint density at radius 3 is 2.63 bits per heavy atom. The summed E-state index contributed by atoms with van der Waals surface area (Å²) < 4.78 is 22.9. The van der Waals surface area contributed by atoms with Crippen LogP contribution in [-0.4, -0.2) is 59.0 Å². The van der Waals surface area contributed by atoms with Gasteiger partial charge in [0.05, 0.1) is 11.5 Å². The Morgan fingerprint density at radius 2 is 2.04 bits per heavy atom. The van der Waals surface area contributed by atoms with Crippen molar-refractivity contribution in [1.82, 2.24) is 5.32 Å². The zero-order valence-corrected chi connectivity index (χ0v) is 15.2. The molecule has 0 aliphatic carbocycles. The van der Waals surface area contributed by atoms with Gasteiger partial charge in [0.1, 0.15) is 30.1 Å². The topological polar surface area (TPSA) is 129 Å². The van der Waals surface area contributed by atoms with Crippen molar-refractivity contribution in [2.24, 2.45) is 0 Å². The molecule has 3 rings (SSSR count). The van der Waals surface area contributed by atoms with Crippen LogP contribution in [0, 0.1) is 10.1 Å². The predicted octanol–water partition coefficient (Wildman–Crippen LogP) is 0.716. The molecule has 10 nitrogen and oxygen atoms in total. The number of nitro groups is 1. The average molecular weight is 382 g/mol. The number of aliphatic hydroxyl groups is 1. The highest BCUT2D eigenvalue weighted by atomic mass is 16.8. The molecule has 148 valence electrons. The zero-order valence-electron chi connectivity index (χ0n) is 15.2. The van der Waals surface area contributed by atoms with E-state index in [0.717, 1.165) is 0 Å². The van der Waals surface area contributed by atoms with Gasteiger partial charge in [-0.15, -0.1) is 0 Å². The Kier molecular flexibility index (Phi) is 5.33. The lowest BCUT2D eigenvalue weighted by atomic mass is 9.95. The summed E-state index contributed by atoms with van der Waals surface area (Å²) in [6.45, 7) is 4.95. The predicted molar refractivity (Wildman–Crippen MR) is 90.9 cm³/mol. The first-order chi connectivity index (χ1) is 12.7. The summed E-state index contributed by atoms with van der Waals surface area (Å²) in [5.41, 5.74) is -0.0817. The Bertz CT molecular complexity index is 707. The van der Waals surface area contributed by atoms with Gasteiger partial charge in [0.2, 0.25) is 12.2 Å². The van der Waals surface area contributed by atoms with Gasteiger partial charge in [-0.3, -0.25) is 14.9 Å². The fourth-order valence-electron chi connectivity index (χ4n) is 3.11. The molecule has 0 aromatic heterocycles. The second-order valence-corrected chi connectivity index (χ2v) is 6.92. The summed E-state index contributed by atoms with van der Waals surface area (Å²) in [7, 11) is 0. The first kappa shape index (κ1) is 19.5. The largest absolute Gasteiger partial charge is 0.463 e. The Morgan fingerprint density at radius 1 is 1.37 bits per heavy atom. The van der Waals surface area contributed by atoms with Crippen molar-refractivity contribution in [1.29, 1.82) is 0 Å². The third-order valence-electron chi connectivity index (χ3n) is 4.36. The van der Waals surface area contributed by atoms with E-state index in [2.05, 4.69) is 5.32 Å². The van der Waals surface area contributed by atoms with Crippen LogP contribution in [-0.2, 0) is 19.0 Å². The van der Waals surface area contributed by atoms with Crippen molar-refractivity contribution in [2.75, 3.05) is 6.61 Å². The Labute approximate surface area is 155 Å². The van der Waals surface area contributed by atoms with E-state index in [1.165, 1.54) is 31.2 Å². The van der Waals surface area contributed by atoms with E-state index >= 15 is 0 Å². The summed E-state index contributed by atoms with van der Waals surface area (Å²) in [5.74, 6) is -0.965. The molecule has 0 spiro atoms. The molecular formula is C17H22N2O8. The monoisotopic (exact) mass is 382 g/mol. The van der Waals surface area contributed by atoms with Crippen LogP contribution in [0.25, 0.3) is 0 Å². The SMILES string of the molecule is CC(=O)N[C@@H]1[C@H](Oc2ccc([N+](=O)[O-])cc2)O[C@@H]2COC(C)(C)O[C@@H]2[C@H]1O. The van der Waals surface area contributed by atoms with Crippen LogP contribution in [0.4, 0.5) is 5.69 Å². The van der Waals surface area contributed by atoms with Crippen molar-refractivity contribution in [3.8, 4) is 5.75 Å². The minimum absolute atomic E-state index is 0.0817. The molecule has 1 aromatic rings. The number of ether oxygens (including phenoxy) is 4. The number of amides is 1. The fraction of sp³-hybridized carbons (Fsp3) is 0.588. The number of hydrogen-bond donors (Lipinski definition) is 2. The van der Waals surface area contributed by atoms with Gasteiger partial charge in [0.25, 0.3) is 5.69 Å². The smallest absolute Gasteiger partial charge is 0.269 e. The number of nitrogens with one attached hydrogen (secondary N) is 1. The fourth-order valence-corrected chi connectivity index (χ4v) is 3.11. The van der Waals surface area contributed by atoms with E-state index in [0.29, 0.717) is 5.75 Å². The first-order valence-corrected chi connectivity index (χ1v) is 8.50. The summed E-state index contributed by atoms with van der Waals surface area (Å²) in [5, 5.41) is 24.2. The molecular weight excluding hydrogens is 360 g/mol. The first-order valence-electron chi connectivity index (χ1n) is 8.50. The lowest BCUT2D eigenvalue weighted by Gasteiger charge is -2.49. The van der Waals surface area contributed by atoms with Gasteiger partial charge < -0.3 is 29.4 Å². The van der Waals surface area contributed by atoms with Gasteiger partial charge in [0, 0.05) is 19.1 Å². The number of rotatable bonds is 4. The molecule has 5 atom stereocenters. The van der Waals surface area contributed by atoms with Crippen LogP contribution in [0.15, 0.2) is 24.3 Å². The van der Waals surface area contributed by atoms with E-state index in [9.17, 15) is 20.0 Å². The van der Waals surface area contributed by atoms with Crippen molar-refractivity contribution in [3.63, 3.8) is 0 Å².